The second kappa shape index (κ2) is 5.42. The Morgan fingerprint density at radius 3 is 2.72 bits per heavy atom. The van der Waals surface area contributed by atoms with E-state index < -0.39 is 0 Å². The summed E-state index contributed by atoms with van der Waals surface area (Å²) in [5.74, 6) is 0.156. The van der Waals surface area contributed by atoms with Crippen LogP contribution in [-0.4, -0.2) is 29.4 Å². The van der Waals surface area contributed by atoms with Crippen molar-refractivity contribution in [2.24, 2.45) is 0 Å². The van der Waals surface area contributed by atoms with Gasteiger partial charge < -0.3 is 10.2 Å². The maximum absolute atomic E-state index is 12.5. The number of hydrogen-bond donors (Lipinski definition) is 1. The number of nitrogens with zero attached hydrogens (tertiary/aromatic N) is 1. The molecule has 0 spiro atoms. The zero-order valence-electron chi connectivity index (χ0n) is 11.4. The molecule has 1 fully saturated rings. The highest BCUT2D eigenvalue weighted by molar-refractivity contribution is 5.99. The number of amides is 1. The number of para-hydroxylation sites is 1. The number of likely N-dealkylation sites (tertiary alicyclic amines) is 1. The van der Waals surface area contributed by atoms with Gasteiger partial charge in [0.25, 0.3) is 5.91 Å². The van der Waals surface area contributed by atoms with Crippen molar-refractivity contribution < 1.29 is 4.79 Å². The van der Waals surface area contributed by atoms with Gasteiger partial charge in [-0.25, -0.2) is 0 Å². The molecule has 1 atom stereocenters. The van der Waals surface area contributed by atoms with Crippen LogP contribution >= 0.6 is 0 Å². The monoisotopic (exact) mass is 246 g/mol. The quantitative estimate of drug-likeness (QED) is 0.888. The normalized spacial score (nSPS) is 19.3. The molecular weight excluding hydrogens is 224 g/mol. The number of rotatable bonds is 3. The van der Waals surface area contributed by atoms with E-state index in [4.69, 9.17) is 0 Å². The van der Waals surface area contributed by atoms with Crippen molar-refractivity contribution in [3.8, 4) is 0 Å². The molecule has 0 bridgehead atoms. The van der Waals surface area contributed by atoms with Crippen LogP contribution in [0.1, 0.15) is 44.0 Å². The van der Waals surface area contributed by atoms with E-state index in [0.29, 0.717) is 12.1 Å². The van der Waals surface area contributed by atoms with Gasteiger partial charge in [0.15, 0.2) is 0 Å². The Morgan fingerprint density at radius 2 is 2.11 bits per heavy atom. The fourth-order valence-electron chi connectivity index (χ4n) is 2.50. The van der Waals surface area contributed by atoms with Gasteiger partial charge in [0.05, 0.1) is 5.56 Å². The van der Waals surface area contributed by atoms with Crippen molar-refractivity contribution in [3.05, 3.63) is 29.8 Å². The minimum atomic E-state index is 0.156. The second-order valence-corrected chi connectivity index (χ2v) is 5.33. The number of anilines is 1. The van der Waals surface area contributed by atoms with Crippen molar-refractivity contribution in [1.82, 2.24) is 4.90 Å². The van der Waals surface area contributed by atoms with Crippen LogP contribution in [0.25, 0.3) is 0 Å². The largest absolute Gasteiger partial charge is 0.382 e. The van der Waals surface area contributed by atoms with Gasteiger partial charge >= 0.3 is 0 Å². The molecule has 1 aliphatic heterocycles. The van der Waals surface area contributed by atoms with Crippen LogP contribution in [0.15, 0.2) is 24.3 Å². The molecule has 0 aliphatic carbocycles. The van der Waals surface area contributed by atoms with Crippen molar-refractivity contribution in [2.45, 2.75) is 45.7 Å². The summed E-state index contributed by atoms with van der Waals surface area (Å²) >= 11 is 0. The van der Waals surface area contributed by atoms with E-state index in [1.54, 1.807) is 0 Å². The van der Waals surface area contributed by atoms with Crippen LogP contribution in [0.2, 0.25) is 0 Å². The summed E-state index contributed by atoms with van der Waals surface area (Å²) in [5.41, 5.74) is 1.73. The SMILES string of the molecule is CC(C)Nc1ccccc1C(=O)N1CCCC1C. The van der Waals surface area contributed by atoms with Gasteiger partial charge in [0.2, 0.25) is 0 Å². The highest BCUT2D eigenvalue weighted by atomic mass is 16.2. The molecule has 18 heavy (non-hydrogen) atoms. The fraction of sp³-hybridized carbons (Fsp3) is 0.533. The first kappa shape index (κ1) is 12.9. The van der Waals surface area contributed by atoms with E-state index in [2.05, 4.69) is 26.1 Å². The Kier molecular flexibility index (Phi) is 3.90. The molecule has 1 aliphatic rings. The van der Waals surface area contributed by atoms with Crippen molar-refractivity contribution in [3.63, 3.8) is 0 Å². The Hall–Kier alpha value is -1.51. The minimum Gasteiger partial charge on any atom is -0.382 e. The molecule has 1 aromatic carbocycles. The van der Waals surface area contributed by atoms with Crippen LogP contribution in [0.5, 0.6) is 0 Å². The van der Waals surface area contributed by atoms with Gasteiger partial charge in [-0.05, 0) is 45.7 Å². The Balaban J connectivity index is 2.24. The number of carbonyl (C=O) groups excluding carboxylic acids is 1. The predicted molar refractivity (Wildman–Crippen MR) is 74.9 cm³/mol. The smallest absolute Gasteiger partial charge is 0.256 e. The molecular formula is C15H22N2O. The number of hydrogen-bond acceptors (Lipinski definition) is 2. The van der Waals surface area contributed by atoms with Gasteiger partial charge in [-0.3, -0.25) is 4.79 Å². The molecule has 1 N–H and O–H groups in total. The lowest BCUT2D eigenvalue weighted by atomic mass is 10.1. The summed E-state index contributed by atoms with van der Waals surface area (Å²) in [6, 6.07) is 8.49. The van der Waals surface area contributed by atoms with E-state index in [1.165, 1.54) is 0 Å². The lowest BCUT2D eigenvalue weighted by molar-refractivity contribution is 0.0748. The van der Waals surface area contributed by atoms with E-state index in [1.807, 2.05) is 29.2 Å². The lowest BCUT2D eigenvalue weighted by Gasteiger charge is -2.23. The fourth-order valence-corrected chi connectivity index (χ4v) is 2.50. The van der Waals surface area contributed by atoms with Gasteiger partial charge in [-0.15, -0.1) is 0 Å². The molecule has 98 valence electrons. The van der Waals surface area contributed by atoms with Gasteiger partial charge in [0, 0.05) is 24.3 Å². The Bertz CT molecular complexity index is 428. The summed E-state index contributed by atoms with van der Waals surface area (Å²) in [7, 11) is 0. The third-order valence-corrected chi connectivity index (χ3v) is 3.42. The summed E-state index contributed by atoms with van der Waals surface area (Å²) in [6.45, 7) is 7.18. The maximum atomic E-state index is 12.5. The minimum absolute atomic E-state index is 0.156. The summed E-state index contributed by atoms with van der Waals surface area (Å²) < 4.78 is 0. The van der Waals surface area contributed by atoms with Crippen molar-refractivity contribution >= 4 is 11.6 Å². The van der Waals surface area contributed by atoms with Gasteiger partial charge in [-0.1, -0.05) is 12.1 Å². The molecule has 1 saturated heterocycles. The molecule has 0 aromatic heterocycles. The van der Waals surface area contributed by atoms with E-state index in [-0.39, 0.29) is 5.91 Å². The number of benzene rings is 1. The highest BCUT2D eigenvalue weighted by Gasteiger charge is 2.27. The molecule has 3 heteroatoms. The first-order valence-corrected chi connectivity index (χ1v) is 6.76. The third-order valence-electron chi connectivity index (χ3n) is 3.42. The van der Waals surface area contributed by atoms with Crippen LogP contribution in [-0.2, 0) is 0 Å². The standard InChI is InChI=1S/C15H22N2O/c1-11(2)16-14-9-5-4-8-13(14)15(18)17-10-6-7-12(17)3/h4-5,8-9,11-12,16H,6-7,10H2,1-3H3. The average molecular weight is 246 g/mol. The zero-order chi connectivity index (χ0) is 13.1. The number of nitrogens with one attached hydrogen (secondary N) is 1. The average Bonchev–Trinajstić information content (AvgIpc) is 2.74. The summed E-state index contributed by atoms with van der Waals surface area (Å²) in [4.78, 5) is 14.5. The predicted octanol–water partition coefficient (Wildman–Crippen LogP) is 3.13. The van der Waals surface area contributed by atoms with Crippen LogP contribution in [0.4, 0.5) is 5.69 Å². The molecule has 1 amide bonds. The van der Waals surface area contributed by atoms with E-state index in [9.17, 15) is 4.79 Å². The number of carbonyl (C=O) groups is 1. The summed E-state index contributed by atoms with van der Waals surface area (Å²) in [5, 5.41) is 3.35. The zero-order valence-corrected chi connectivity index (χ0v) is 11.4. The Morgan fingerprint density at radius 1 is 1.39 bits per heavy atom. The van der Waals surface area contributed by atoms with Crippen molar-refractivity contribution in [2.75, 3.05) is 11.9 Å². The lowest BCUT2D eigenvalue weighted by Crippen LogP contribution is -2.34. The third kappa shape index (κ3) is 2.66. The van der Waals surface area contributed by atoms with E-state index >= 15 is 0 Å². The van der Waals surface area contributed by atoms with Gasteiger partial charge in [-0.2, -0.15) is 0 Å². The second-order valence-electron chi connectivity index (χ2n) is 5.33. The molecule has 2 rings (SSSR count). The first-order chi connectivity index (χ1) is 8.59. The van der Waals surface area contributed by atoms with Gasteiger partial charge in [0.1, 0.15) is 0 Å². The van der Waals surface area contributed by atoms with Crippen LogP contribution in [0.3, 0.4) is 0 Å². The molecule has 1 aromatic rings. The molecule has 3 nitrogen and oxygen atoms in total. The van der Waals surface area contributed by atoms with Crippen LogP contribution in [0, 0.1) is 0 Å². The van der Waals surface area contributed by atoms with E-state index in [0.717, 1.165) is 30.6 Å². The Labute approximate surface area is 109 Å². The maximum Gasteiger partial charge on any atom is 0.256 e. The molecule has 1 heterocycles. The van der Waals surface area contributed by atoms with Crippen LogP contribution < -0.4 is 5.32 Å². The topological polar surface area (TPSA) is 32.3 Å². The molecule has 0 saturated carbocycles. The first-order valence-electron chi connectivity index (χ1n) is 6.76. The molecule has 0 radical (unpaired) electrons. The molecule has 1 unspecified atom stereocenters. The highest BCUT2D eigenvalue weighted by Crippen LogP contribution is 2.23. The summed E-state index contributed by atoms with van der Waals surface area (Å²) in [6.07, 6.45) is 2.23. The van der Waals surface area contributed by atoms with Crippen molar-refractivity contribution in [1.29, 1.82) is 0 Å².